The van der Waals surface area contributed by atoms with Crippen molar-refractivity contribution in [3.63, 3.8) is 0 Å². The van der Waals surface area contributed by atoms with Gasteiger partial charge in [-0.3, -0.25) is 4.79 Å². The fraction of sp³-hybridized carbons (Fsp3) is 0.208. The molecule has 1 amide bonds. The van der Waals surface area contributed by atoms with E-state index in [1.807, 2.05) is 37.3 Å². The van der Waals surface area contributed by atoms with E-state index in [1.54, 1.807) is 42.5 Å². The summed E-state index contributed by atoms with van der Waals surface area (Å²) in [5.41, 5.74) is 2.36. The van der Waals surface area contributed by atoms with Gasteiger partial charge in [0, 0.05) is 16.7 Å². The molecule has 0 aliphatic carbocycles. The Hall–Kier alpha value is -2.68. The highest BCUT2D eigenvalue weighted by Crippen LogP contribution is 2.28. The number of aryl methyl sites for hydroxylation is 1. The molecule has 6 nitrogen and oxygen atoms in total. The summed E-state index contributed by atoms with van der Waals surface area (Å²) in [4.78, 5) is 12.8. The van der Waals surface area contributed by atoms with Gasteiger partial charge in [0.2, 0.25) is 15.9 Å². The van der Waals surface area contributed by atoms with Gasteiger partial charge in [-0.15, -0.1) is 0 Å². The van der Waals surface area contributed by atoms with Crippen molar-refractivity contribution < 1.29 is 17.9 Å². The summed E-state index contributed by atoms with van der Waals surface area (Å²) >= 11 is 3.35. The lowest BCUT2D eigenvalue weighted by atomic mass is 10.1. The molecule has 0 bridgehead atoms. The predicted octanol–water partition coefficient (Wildman–Crippen LogP) is 4.64. The second kappa shape index (κ2) is 10.8. The Labute approximate surface area is 197 Å². The number of amides is 1. The number of hydrogen-bond donors (Lipinski definition) is 1. The number of ether oxygens (including phenoxy) is 1. The maximum Gasteiger partial charge on any atom is 0.247 e. The standard InChI is InChI=1S/C24H25BrN2O4S/c1-18-8-13-22(31-2)23(16-18)32(29,30)27(15-14-19-6-4-3-5-7-19)17-24(28)26-21-11-9-20(25)10-12-21/h3-13,16H,14-15,17H2,1-2H3,(H,26,28). The average molecular weight is 517 g/mol. The summed E-state index contributed by atoms with van der Waals surface area (Å²) in [6.45, 7) is 1.65. The summed E-state index contributed by atoms with van der Waals surface area (Å²) < 4.78 is 34.5. The van der Waals surface area contributed by atoms with Crippen LogP contribution in [0.4, 0.5) is 5.69 Å². The summed E-state index contributed by atoms with van der Waals surface area (Å²) in [6.07, 6.45) is 0.472. The Morgan fingerprint density at radius 3 is 2.38 bits per heavy atom. The van der Waals surface area contributed by atoms with Crippen LogP contribution in [0.2, 0.25) is 0 Å². The Bertz CT molecular complexity index is 1170. The third kappa shape index (κ3) is 6.18. The molecule has 0 radical (unpaired) electrons. The molecule has 8 heteroatoms. The van der Waals surface area contributed by atoms with Gasteiger partial charge in [-0.05, 0) is 60.9 Å². The van der Waals surface area contributed by atoms with Gasteiger partial charge in [0.1, 0.15) is 10.6 Å². The lowest BCUT2D eigenvalue weighted by molar-refractivity contribution is -0.116. The van der Waals surface area contributed by atoms with Crippen LogP contribution in [0.1, 0.15) is 11.1 Å². The van der Waals surface area contributed by atoms with Crippen molar-refractivity contribution in [2.45, 2.75) is 18.2 Å². The number of benzene rings is 3. The number of hydrogen-bond acceptors (Lipinski definition) is 4. The lowest BCUT2D eigenvalue weighted by Crippen LogP contribution is -2.39. The fourth-order valence-corrected chi connectivity index (χ4v) is 5.10. The Morgan fingerprint density at radius 1 is 1.03 bits per heavy atom. The molecule has 0 aromatic heterocycles. The number of rotatable bonds is 9. The summed E-state index contributed by atoms with van der Waals surface area (Å²) in [5.74, 6) is -0.177. The maximum absolute atomic E-state index is 13.6. The zero-order valence-corrected chi connectivity index (χ0v) is 20.3. The van der Waals surface area contributed by atoms with Gasteiger partial charge >= 0.3 is 0 Å². The molecule has 0 aliphatic heterocycles. The van der Waals surface area contributed by atoms with E-state index >= 15 is 0 Å². The lowest BCUT2D eigenvalue weighted by Gasteiger charge is -2.23. The van der Waals surface area contributed by atoms with Crippen molar-refractivity contribution in [1.82, 2.24) is 4.31 Å². The van der Waals surface area contributed by atoms with Crippen molar-refractivity contribution >= 4 is 37.5 Å². The van der Waals surface area contributed by atoms with Gasteiger partial charge in [0.15, 0.2) is 0 Å². The highest BCUT2D eigenvalue weighted by molar-refractivity contribution is 9.10. The molecule has 0 atom stereocenters. The van der Waals surface area contributed by atoms with Crippen LogP contribution < -0.4 is 10.1 Å². The molecule has 0 spiro atoms. The monoisotopic (exact) mass is 516 g/mol. The van der Waals surface area contributed by atoms with Crippen molar-refractivity contribution in [3.8, 4) is 5.75 Å². The third-order valence-corrected chi connectivity index (χ3v) is 7.27. The first kappa shape index (κ1) is 24.0. The molecule has 0 unspecified atom stereocenters. The van der Waals surface area contributed by atoms with Gasteiger partial charge in [0.25, 0.3) is 0 Å². The minimum atomic E-state index is -3.99. The second-order valence-electron chi connectivity index (χ2n) is 7.28. The number of anilines is 1. The number of nitrogens with one attached hydrogen (secondary N) is 1. The molecule has 3 rings (SSSR count). The molecule has 3 aromatic carbocycles. The van der Waals surface area contributed by atoms with Crippen molar-refractivity contribution in [1.29, 1.82) is 0 Å². The van der Waals surface area contributed by atoms with Crippen LogP contribution in [0.5, 0.6) is 5.75 Å². The zero-order valence-electron chi connectivity index (χ0n) is 17.9. The fourth-order valence-electron chi connectivity index (χ4n) is 3.20. The number of carbonyl (C=O) groups is 1. The van der Waals surface area contributed by atoms with E-state index in [-0.39, 0.29) is 23.7 Å². The first-order valence-corrected chi connectivity index (χ1v) is 12.3. The van der Waals surface area contributed by atoms with Crippen LogP contribution in [0.15, 0.2) is 82.2 Å². The van der Waals surface area contributed by atoms with Crippen LogP contribution in [0.25, 0.3) is 0 Å². The molecule has 168 valence electrons. The van der Waals surface area contributed by atoms with E-state index in [1.165, 1.54) is 11.4 Å². The number of methoxy groups -OCH3 is 1. The van der Waals surface area contributed by atoms with E-state index in [0.717, 1.165) is 15.6 Å². The van der Waals surface area contributed by atoms with Gasteiger partial charge in [-0.25, -0.2) is 8.42 Å². The molecule has 0 aliphatic rings. The smallest absolute Gasteiger partial charge is 0.247 e. The van der Waals surface area contributed by atoms with E-state index < -0.39 is 15.9 Å². The van der Waals surface area contributed by atoms with Gasteiger partial charge < -0.3 is 10.1 Å². The quantitative estimate of drug-likeness (QED) is 0.449. The highest BCUT2D eigenvalue weighted by Gasteiger charge is 2.29. The Kier molecular flexibility index (Phi) is 8.06. The molecule has 1 N–H and O–H groups in total. The summed E-state index contributed by atoms with van der Waals surface area (Å²) in [7, 11) is -2.56. The molecule has 32 heavy (non-hydrogen) atoms. The first-order chi connectivity index (χ1) is 15.3. The topological polar surface area (TPSA) is 75.7 Å². The molecule has 0 heterocycles. The van der Waals surface area contributed by atoms with Crippen LogP contribution in [-0.2, 0) is 21.2 Å². The van der Waals surface area contributed by atoms with E-state index in [4.69, 9.17) is 4.74 Å². The molecule has 0 fully saturated rings. The second-order valence-corrected chi connectivity index (χ2v) is 10.1. The third-order valence-electron chi connectivity index (χ3n) is 4.88. The summed E-state index contributed by atoms with van der Waals surface area (Å²) in [6, 6.07) is 21.6. The van der Waals surface area contributed by atoms with Crippen LogP contribution in [0, 0.1) is 6.92 Å². The molecular weight excluding hydrogens is 492 g/mol. The highest BCUT2D eigenvalue weighted by atomic mass is 79.9. The summed E-state index contributed by atoms with van der Waals surface area (Å²) in [5, 5.41) is 2.76. The normalized spacial score (nSPS) is 11.4. The SMILES string of the molecule is COc1ccc(C)cc1S(=O)(=O)N(CCc1ccccc1)CC(=O)Nc1ccc(Br)cc1. The molecule has 0 saturated carbocycles. The van der Waals surface area contributed by atoms with Gasteiger partial charge in [-0.1, -0.05) is 52.3 Å². The average Bonchev–Trinajstić information content (AvgIpc) is 2.78. The number of nitrogens with zero attached hydrogens (tertiary/aromatic N) is 1. The number of carbonyl (C=O) groups excluding carboxylic acids is 1. The van der Waals surface area contributed by atoms with Crippen molar-refractivity contribution in [2.24, 2.45) is 0 Å². The predicted molar refractivity (Wildman–Crippen MR) is 129 cm³/mol. The van der Waals surface area contributed by atoms with Gasteiger partial charge in [0.05, 0.1) is 13.7 Å². The van der Waals surface area contributed by atoms with E-state index in [0.29, 0.717) is 12.1 Å². The van der Waals surface area contributed by atoms with Crippen molar-refractivity contribution in [2.75, 3.05) is 25.5 Å². The van der Waals surface area contributed by atoms with Crippen molar-refractivity contribution in [3.05, 3.63) is 88.4 Å². The Balaban J connectivity index is 1.88. The van der Waals surface area contributed by atoms with E-state index in [9.17, 15) is 13.2 Å². The molecular formula is C24H25BrN2O4S. The zero-order chi connectivity index (χ0) is 23.1. The van der Waals surface area contributed by atoms with Gasteiger partial charge in [-0.2, -0.15) is 4.31 Å². The van der Waals surface area contributed by atoms with Crippen LogP contribution >= 0.6 is 15.9 Å². The first-order valence-electron chi connectivity index (χ1n) is 10.0. The van der Waals surface area contributed by atoms with Crippen LogP contribution in [0.3, 0.4) is 0 Å². The number of halogens is 1. The Morgan fingerprint density at radius 2 is 1.72 bits per heavy atom. The molecule has 0 saturated heterocycles. The number of sulfonamides is 1. The van der Waals surface area contributed by atoms with E-state index in [2.05, 4.69) is 21.2 Å². The largest absolute Gasteiger partial charge is 0.495 e. The maximum atomic E-state index is 13.6. The minimum absolute atomic E-state index is 0.0458. The molecule has 3 aromatic rings. The minimum Gasteiger partial charge on any atom is -0.495 e. The van der Waals surface area contributed by atoms with Crippen LogP contribution in [-0.4, -0.2) is 38.8 Å².